The molecule has 0 aromatic heterocycles. The number of hydrogen-bond donors (Lipinski definition) is 3. The van der Waals surface area contributed by atoms with E-state index in [1.54, 1.807) is 18.2 Å². The molecular weight excluding hydrogens is 268 g/mol. The lowest BCUT2D eigenvalue weighted by molar-refractivity contribution is -0.121. The monoisotopic (exact) mass is 284 g/mol. The van der Waals surface area contributed by atoms with E-state index in [1.165, 1.54) is 6.07 Å². The minimum absolute atomic E-state index is 0.121. The number of benzene rings is 1. The van der Waals surface area contributed by atoms with Crippen LogP contribution >= 0.6 is 11.6 Å². The fourth-order valence-corrected chi connectivity index (χ4v) is 1.64. The Hall–Kier alpha value is -1.59. The van der Waals surface area contributed by atoms with E-state index >= 15 is 0 Å². The molecule has 0 saturated carbocycles. The number of amides is 2. The third-order valence-electron chi connectivity index (χ3n) is 2.57. The Bertz CT molecular complexity index is 447. The number of nitrogens with one attached hydrogen (secondary N) is 2. The first-order valence-electron chi connectivity index (χ1n) is 6.00. The molecule has 0 heterocycles. The minimum Gasteiger partial charge on any atom is -0.394 e. The number of aliphatic hydroxyl groups is 1. The van der Waals surface area contributed by atoms with Crippen molar-refractivity contribution in [2.75, 3.05) is 13.2 Å². The maximum atomic E-state index is 11.7. The maximum Gasteiger partial charge on any atom is 0.251 e. The predicted molar refractivity (Wildman–Crippen MR) is 73.1 cm³/mol. The Morgan fingerprint density at radius 2 is 2.16 bits per heavy atom. The molecule has 1 atom stereocenters. The largest absolute Gasteiger partial charge is 0.394 e. The molecule has 1 rings (SSSR count). The van der Waals surface area contributed by atoms with Crippen LogP contribution in [-0.2, 0) is 4.79 Å². The van der Waals surface area contributed by atoms with Gasteiger partial charge in [0.2, 0.25) is 5.91 Å². The van der Waals surface area contributed by atoms with Gasteiger partial charge in [0, 0.05) is 10.6 Å². The summed E-state index contributed by atoms with van der Waals surface area (Å²) in [5, 5.41) is 14.5. The minimum atomic E-state index is -0.366. The molecule has 0 spiro atoms. The summed E-state index contributed by atoms with van der Waals surface area (Å²) < 4.78 is 0. The van der Waals surface area contributed by atoms with Crippen molar-refractivity contribution >= 4 is 23.4 Å². The van der Waals surface area contributed by atoms with Gasteiger partial charge in [-0.3, -0.25) is 9.59 Å². The molecule has 0 unspecified atom stereocenters. The zero-order chi connectivity index (χ0) is 14.3. The van der Waals surface area contributed by atoms with Gasteiger partial charge in [0.05, 0.1) is 19.2 Å². The molecule has 0 radical (unpaired) electrons. The summed E-state index contributed by atoms with van der Waals surface area (Å²) in [4.78, 5) is 23.2. The van der Waals surface area contributed by atoms with Crippen molar-refractivity contribution in [2.24, 2.45) is 0 Å². The zero-order valence-corrected chi connectivity index (χ0v) is 11.4. The van der Waals surface area contributed by atoms with Crippen molar-refractivity contribution in [1.82, 2.24) is 10.6 Å². The van der Waals surface area contributed by atoms with Crippen LogP contribution in [0.25, 0.3) is 0 Å². The fourth-order valence-electron chi connectivity index (χ4n) is 1.45. The van der Waals surface area contributed by atoms with Crippen LogP contribution in [0.2, 0.25) is 5.02 Å². The Labute approximate surface area is 117 Å². The number of carbonyl (C=O) groups excluding carboxylic acids is 2. The predicted octanol–water partition coefficient (Wildman–Crippen LogP) is 0.957. The maximum absolute atomic E-state index is 11.7. The van der Waals surface area contributed by atoms with Crippen LogP contribution in [0.3, 0.4) is 0 Å². The first-order valence-corrected chi connectivity index (χ1v) is 6.38. The zero-order valence-electron chi connectivity index (χ0n) is 10.6. The molecule has 2 amide bonds. The Morgan fingerprint density at radius 1 is 1.42 bits per heavy atom. The Kier molecular flexibility index (Phi) is 6.32. The summed E-state index contributed by atoms with van der Waals surface area (Å²) in [5.41, 5.74) is 0.398. The lowest BCUT2D eigenvalue weighted by Gasteiger charge is -2.14. The second kappa shape index (κ2) is 7.76. The van der Waals surface area contributed by atoms with Crippen molar-refractivity contribution in [3.05, 3.63) is 34.9 Å². The molecule has 0 aliphatic rings. The summed E-state index contributed by atoms with van der Waals surface area (Å²) >= 11 is 5.77. The quantitative estimate of drug-likeness (QED) is 0.728. The molecule has 0 aliphatic carbocycles. The third kappa shape index (κ3) is 5.28. The molecule has 0 fully saturated rings. The van der Waals surface area contributed by atoms with Gasteiger partial charge in [-0.25, -0.2) is 0 Å². The molecule has 1 aromatic carbocycles. The molecule has 0 saturated heterocycles. The second-order valence-electron chi connectivity index (χ2n) is 4.05. The van der Waals surface area contributed by atoms with Crippen LogP contribution in [-0.4, -0.2) is 36.1 Å². The van der Waals surface area contributed by atoms with Crippen LogP contribution < -0.4 is 10.6 Å². The van der Waals surface area contributed by atoms with Crippen LogP contribution in [0.1, 0.15) is 23.7 Å². The molecule has 6 heteroatoms. The first-order chi connectivity index (χ1) is 9.06. The van der Waals surface area contributed by atoms with E-state index in [9.17, 15) is 9.59 Å². The molecule has 5 nitrogen and oxygen atoms in total. The molecule has 0 bridgehead atoms. The number of rotatable bonds is 6. The van der Waals surface area contributed by atoms with E-state index < -0.39 is 0 Å². The van der Waals surface area contributed by atoms with E-state index in [-0.39, 0.29) is 31.0 Å². The average molecular weight is 285 g/mol. The molecule has 19 heavy (non-hydrogen) atoms. The highest BCUT2D eigenvalue weighted by molar-refractivity contribution is 6.30. The standard InChI is InChI=1S/C13H17ClN2O3/c1-2-11(8-17)16-12(18)7-15-13(19)9-4-3-5-10(14)6-9/h3-6,11,17H,2,7-8H2,1H3,(H,15,19)(H,16,18)/t11-/m0/s1. The number of carbonyl (C=O) groups is 2. The molecule has 104 valence electrons. The van der Waals surface area contributed by atoms with Crippen LogP contribution in [0, 0.1) is 0 Å². The molecule has 0 aliphatic heterocycles. The van der Waals surface area contributed by atoms with E-state index in [0.29, 0.717) is 17.0 Å². The van der Waals surface area contributed by atoms with Gasteiger partial charge < -0.3 is 15.7 Å². The fraction of sp³-hybridized carbons (Fsp3) is 0.385. The Balaban J connectivity index is 2.44. The van der Waals surface area contributed by atoms with E-state index in [1.807, 2.05) is 6.92 Å². The van der Waals surface area contributed by atoms with Crippen molar-refractivity contribution in [3.63, 3.8) is 0 Å². The highest BCUT2D eigenvalue weighted by Crippen LogP contribution is 2.10. The van der Waals surface area contributed by atoms with Crippen molar-refractivity contribution in [3.8, 4) is 0 Å². The van der Waals surface area contributed by atoms with Crippen molar-refractivity contribution < 1.29 is 14.7 Å². The lowest BCUT2D eigenvalue weighted by atomic mass is 10.2. The molecular formula is C13H17ClN2O3. The first kappa shape index (κ1) is 15.5. The van der Waals surface area contributed by atoms with Gasteiger partial charge in [0.1, 0.15) is 0 Å². The van der Waals surface area contributed by atoms with Crippen LogP contribution in [0.15, 0.2) is 24.3 Å². The van der Waals surface area contributed by atoms with Crippen LogP contribution in [0.4, 0.5) is 0 Å². The van der Waals surface area contributed by atoms with Crippen molar-refractivity contribution in [2.45, 2.75) is 19.4 Å². The van der Waals surface area contributed by atoms with Crippen LogP contribution in [0.5, 0.6) is 0 Å². The van der Waals surface area contributed by atoms with Gasteiger partial charge in [-0.1, -0.05) is 24.6 Å². The van der Waals surface area contributed by atoms with E-state index in [4.69, 9.17) is 16.7 Å². The van der Waals surface area contributed by atoms with Gasteiger partial charge in [-0.2, -0.15) is 0 Å². The number of halogens is 1. The average Bonchev–Trinajstić information content (AvgIpc) is 2.42. The number of hydrogen-bond acceptors (Lipinski definition) is 3. The summed E-state index contributed by atoms with van der Waals surface area (Å²) in [7, 11) is 0. The summed E-state index contributed by atoms with van der Waals surface area (Å²) in [6.07, 6.45) is 0.629. The van der Waals surface area contributed by atoms with Gasteiger partial charge in [0.15, 0.2) is 0 Å². The molecule has 3 N–H and O–H groups in total. The number of aliphatic hydroxyl groups excluding tert-OH is 1. The third-order valence-corrected chi connectivity index (χ3v) is 2.81. The lowest BCUT2D eigenvalue weighted by Crippen LogP contribution is -2.43. The van der Waals surface area contributed by atoms with E-state index in [2.05, 4.69) is 10.6 Å². The highest BCUT2D eigenvalue weighted by Gasteiger charge is 2.11. The SMILES string of the molecule is CC[C@@H](CO)NC(=O)CNC(=O)c1cccc(Cl)c1. The summed E-state index contributed by atoms with van der Waals surface area (Å²) in [6, 6.07) is 6.18. The van der Waals surface area contributed by atoms with E-state index in [0.717, 1.165) is 0 Å². The van der Waals surface area contributed by atoms with Gasteiger partial charge in [-0.15, -0.1) is 0 Å². The second-order valence-corrected chi connectivity index (χ2v) is 4.48. The highest BCUT2D eigenvalue weighted by atomic mass is 35.5. The summed E-state index contributed by atoms with van der Waals surface area (Å²) in [6.45, 7) is 1.60. The topological polar surface area (TPSA) is 78.4 Å². The van der Waals surface area contributed by atoms with Crippen molar-refractivity contribution in [1.29, 1.82) is 0 Å². The molecule has 1 aromatic rings. The normalized spacial score (nSPS) is 11.7. The summed E-state index contributed by atoms with van der Waals surface area (Å²) in [5.74, 6) is -0.703. The smallest absolute Gasteiger partial charge is 0.251 e. The van der Waals surface area contributed by atoms with Gasteiger partial charge >= 0.3 is 0 Å². The van der Waals surface area contributed by atoms with Gasteiger partial charge in [-0.05, 0) is 24.6 Å². The Morgan fingerprint density at radius 3 is 2.74 bits per heavy atom. The van der Waals surface area contributed by atoms with Gasteiger partial charge in [0.25, 0.3) is 5.91 Å².